The second-order valence-corrected chi connectivity index (χ2v) is 7.62. The number of thiophene rings is 1. The van der Waals surface area contributed by atoms with E-state index in [1.807, 2.05) is 23.5 Å². The Hall–Kier alpha value is -1.95. The molecule has 2 aromatic rings. The largest absolute Gasteiger partial charge is 0.469 e. The summed E-state index contributed by atoms with van der Waals surface area (Å²) in [5.41, 5.74) is 0. The Kier molecular flexibility index (Phi) is 7.43. The highest BCUT2D eigenvalue weighted by molar-refractivity contribution is 7.14. The minimum atomic E-state index is 0.489. The van der Waals surface area contributed by atoms with Gasteiger partial charge in [0, 0.05) is 38.6 Å². The van der Waals surface area contributed by atoms with Crippen molar-refractivity contribution < 1.29 is 4.42 Å². The number of hydrogen-bond acceptors (Lipinski definition) is 4. The molecule has 0 aliphatic carbocycles. The number of unbranched alkanes of at least 4 members (excludes halogenated alkanes) is 1. The number of nitrogens with one attached hydrogen (secondary N) is 2. The van der Waals surface area contributed by atoms with Gasteiger partial charge in [0.15, 0.2) is 5.96 Å². The van der Waals surface area contributed by atoms with Crippen LogP contribution in [-0.4, -0.2) is 38.2 Å². The number of anilines is 1. The van der Waals surface area contributed by atoms with Gasteiger partial charge in [-0.15, -0.1) is 11.3 Å². The summed E-state index contributed by atoms with van der Waals surface area (Å²) in [5.74, 6) is 1.95. The van der Waals surface area contributed by atoms with Gasteiger partial charge < -0.3 is 20.0 Å². The molecule has 0 saturated carbocycles. The quantitative estimate of drug-likeness (QED) is 0.418. The molecule has 0 atom stereocenters. The number of hydrogen-bond donors (Lipinski definition) is 2. The van der Waals surface area contributed by atoms with Crippen LogP contribution in [0.25, 0.3) is 0 Å². The Morgan fingerprint density at radius 1 is 1.31 bits per heavy atom. The van der Waals surface area contributed by atoms with Crippen molar-refractivity contribution in [2.75, 3.05) is 31.1 Å². The van der Waals surface area contributed by atoms with Crippen LogP contribution in [-0.2, 0) is 6.42 Å². The number of furan rings is 1. The summed E-state index contributed by atoms with van der Waals surface area (Å²) in [4.78, 5) is 7.23. The van der Waals surface area contributed by atoms with Gasteiger partial charge in [-0.05, 0) is 48.9 Å². The topological polar surface area (TPSA) is 52.8 Å². The molecule has 3 rings (SSSR count). The van der Waals surface area contributed by atoms with Gasteiger partial charge in [0.2, 0.25) is 0 Å². The molecule has 0 spiro atoms. The van der Waals surface area contributed by atoms with Crippen LogP contribution < -0.4 is 15.5 Å². The van der Waals surface area contributed by atoms with Gasteiger partial charge >= 0.3 is 0 Å². The third kappa shape index (κ3) is 5.80. The summed E-state index contributed by atoms with van der Waals surface area (Å²) < 4.78 is 5.41. The highest BCUT2D eigenvalue weighted by Gasteiger charge is 2.20. The van der Waals surface area contributed by atoms with E-state index < -0.39 is 0 Å². The SMILES string of the molecule is CCCCN=C(NCCc1ccco1)NC1CCN(c2cccs2)CC1. The molecule has 142 valence electrons. The zero-order valence-corrected chi connectivity index (χ0v) is 16.4. The predicted octanol–water partition coefficient (Wildman–Crippen LogP) is 3.89. The molecule has 0 bridgehead atoms. The van der Waals surface area contributed by atoms with Crippen LogP contribution in [0.15, 0.2) is 45.3 Å². The Balaban J connectivity index is 1.46. The molecular formula is C20H30N4OS. The van der Waals surface area contributed by atoms with E-state index in [9.17, 15) is 0 Å². The Morgan fingerprint density at radius 2 is 2.19 bits per heavy atom. The third-order valence-electron chi connectivity index (χ3n) is 4.68. The van der Waals surface area contributed by atoms with E-state index in [-0.39, 0.29) is 0 Å². The van der Waals surface area contributed by atoms with Gasteiger partial charge in [-0.3, -0.25) is 4.99 Å². The van der Waals surface area contributed by atoms with Gasteiger partial charge in [-0.2, -0.15) is 0 Å². The van der Waals surface area contributed by atoms with Crippen molar-refractivity contribution >= 4 is 22.3 Å². The molecule has 0 unspecified atom stereocenters. The second kappa shape index (κ2) is 10.3. The second-order valence-electron chi connectivity index (χ2n) is 6.70. The fourth-order valence-electron chi connectivity index (χ4n) is 3.15. The van der Waals surface area contributed by atoms with Crippen LogP contribution >= 0.6 is 11.3 Å². The smallest absolute Gasteiger partial charge is 0.191 e. The minimum absolute atomic E-state index is 0.489. The number of piperidine rings is 1. The zero-order valence-electron chi connectivity index (χ0n) is 15.6. The predicted molar refractivity (Wildman–Crippen MR) is 110 cm³/mol. The molecule has 6 heteroatoms. The van der Waals surface area contributed by atoms with Gasteiger partial charge in [0.25, 0.3) is 0 Å². The number of guanidine groups is 1. The van der Waals surface area contributed by atoms with Gasteiger partial charge in [-0.1, -0.05) is 13.3 Å². The molecule has 2 aromatic heterocycles. The van der Waals surface area contributed by atoms with E-state index in [0.29, 0.717) is 6.04 Å². The standard InChI is InChI=1S/C20H30N4OS/c1-2-3-11-21-20(22-12-8-18-6-4-15-25-18)23-17-9-13-24(14-10-17)19-7-5-16-26-19/h4-7,15-17H,2-3,8-14H2,1H3,(H2,21,22,23). The van der Waals surface area contributed by atoms with E-state index >= 15 is 0 Å². The van der Waals surface area contributed by atoms with Crippen LogP contribution in [0.5, 0.6) is 0 Å². The average molecular weight is 375 g/mol. The summed E-state index contributed by atoms with van der Waals surface area (Å²) in [6, 6.07) is 8.79. The van der Waals surface area contributed by atoms with E-state index in [1.165, 1.54) is 11.4 Å². The van der Waals surface area contributed by atoms with Crippen LogP contribution in [0.3, 0.4) is 0 Å². The lowest BCUT2D eigenvalue weighted by atomic mass is 10.1. The fraction of sp³-hybridized carbons (Fsp3) is 0.550. The van der Waals surface area contributed by atoms with Gasteiger partial charge in [0.1, 0.15) is 5.76 Å². The Morgan fingerprint density at radius 3 is 2.88 bits per heavy atom. The van der Waals surface area contributed by atoms with Crippen molar-refractivity contribution in [3.05, 3.63) is 41.7 Å². The molecule has 1 saturated heterocycles. The number of aliphatic imine (C=N–C) groups is 1. The Labute approximate surface area is 160 Å². The minimum Gasteiger partial charge on any atom is -0.469 e. The zero-order chi connectivity index (χ0) is 18.0. The summed E-state index contributed by atoms with van der Waals surface area (Å²) in [6.07, 6.45) is 7.18. The van der Waals surface area contributed by atoms with E-state index in [0.717, 1.165) is 63.6 Å². The van der Waals surface area contributed by atoms with Gasteiger partial charge in [-0.25, -0.2) is 0 Å². The summed E-state index contributed by atoms with van der Waals surface area (Å²) in [6.45, 7) is 6.12. The molecule has 26 heavy (non-hydrogen) atoms. The first-order valence-electron chi connectivity index (χ1n) is 9.71. The maximum Gasteiger partial charge on any atom is 0.191 e. The lowest BCUT2D eigenvalue weighted by Crippen LogP contribution is -2.49. The molecule has 1 aliphatic heterocycles. The van der Waals surface area contributed by atoms with E-state index in [2.05, 4.69) is 40.0 Å². The molecule has 0 amide bonds. The first kappa shape index (κ1) is 18.8. The van der Waals surface area contributed by atoms with Crippen molar-refractivity contribution in [3.8, 4) is 0 Å². The van der Waals surface area contributed by atoms with Crippen LogP contribution in [0.1, 0.15) is 38.4 Å². The molecule has 1 aliphatic rings. The van der Waals surface area contributed by atoms with Crippen molar-refractivity contribution in [1.29, 1.82) is 0 Å². The summed E-state index contributed by atoms with van der Waals surface area (Å²) in [7, 11) is 0. The van der Waals surface area contributed by atoms with Crippen molar-refractivity contribution in [3.63, 3.8) is 0 Å². The highest BCUT2D eigenvalue weighted by Crippen LogP contribution is 2.24. The summed E-state index contributed by atoms with van der Waals surface area (Å²) in [5, 5.41) is 10.7. The van der Waals surface area contributed by atoms with E-state index in [4.69, 9.17) is 9.41 Å². The van der Waals surface area contributed by atoms with Crippen LogP contribution in [0, 0.1) is 0 Å². The highest BCUT2D eigenvalue weighted by atomic mass is 32.1. The Bertz CT molecular complexity index is 631. The number of rotatable bonds is 8. The maximum absolute atomic E-state index is 5.41. The van der Waals surface area contributed by atoms with Crippen molar-refractivity contribution in [2.45, 2.75) is 45.1 Å². The van der Waals surface area contributed by atoms with Gasteiger partial charge in [0.05, 0.1) is 11.3 Å². The first-order chi connectivity index (χ1) is 12.8. The number of nitrogens with zero attached hydrogens (tertiary/aromatic N) is 2. The molecule has 5 nitrogen and oxygen atoms in total. The first-order valence-corrected chi connectivity index (χ1v) is 10.6. The molecule has 0 aromatic carbocycles. The molecule has 2 N–H and O–H groups in total. The summed E-state index contributed by atoms with van der Waals surface area (Å²) >= 11 is 1.83. The molecule has 0 radical (unpaired) electrons. The lowest BCUT2D eigenvalue weighted by molar-refractivity contribution is 0.461. The monoisotopic (exact) mass is 374 g/mol. The lowest BCUT2D eigenvalue weighted by Gasteiger charge is -2.33. The van der Waals surface area contributed by atoms with Crippen LogP contribution in [0.2, 0.25) is 0 Å². The fourth-order valence-corrected chi connectivity index (χ4v) is 3.93. The normalized spacial score (nSPS) is 16.0. The molecule has 3 heterocycles. The van der Waals surface area contributed by atoms with Crippen molar-refractivity contribution in [2.24, 2.45) is 4.99 Å². The molecular weight excluding hydrogens is 344 g/mol. The van der Waals surface area contributed by atoms with Crippen LogP contribution in [0.4, 0.5) is 5.00 Å². The third-order valence-corrected chi connectivity index (χ3v) is 5.61. The molecule has 1 fully saturated rings. The van der Waals surface area contributed by atoms with E-state index in [1.54, 1.807) is 6.26 Å². The average Bonchev–Trinajstić information content (AvgIpc) is 3.36. The maximum atomic E-state index is 5.41. The van der Waals surface area contributed by atoms with Crippen molar-refractivity contribution in [1.82, 2.24) is 10.6 Å².